The van der Waals surface area contributed by atoms with Crippen LogP contribution in [-0.2, 0) is 6.18 Å². The monoisotopic (exact) mass is 653 g/mol. The first-order chi connectivity index (χ1) is 21.8. The molecule has 5 aliphatic rings. The molecule has 0 aliphatic carbocycles. The predicted molar refractivity (Wildman–Crippen MR) is 152 cm³/mol. The number of hydrogen-bond donors (Lipinski definition) is 2. The summed E-state index contributed by atoms with van der Waals surface area (Å²) in [6, 6.07) is -0.00487. The number of piperazine rings is 1. The molecule has 9 nitrogen and oxygen atoms in total. The molecule has 16 heteroatoms. The van der Waals surface area contributed by atoms with Gasteiger partial charge in [0.1, 0.15) is 46.9 Å². The van der Waals surface area contributed by atoms with Crippen LogP contribution in [0.15, 0.2) is 6.07 Å². The van der Waals surface area contributed by atoms with Crippen LogP contribution in [0.4, 0.5) is 42.2 Å². The average molecular weight is 654 g/mol. The van der Waals surface area contributed by atoms with Crippen molar-refractivity contribution in [2.45, 2.75) is 81.1 Å². The van der Waals surface area contributed by atoms with Crippen LogP contribution in [-0.4, -0.2) is 82.0 Å². The summed E-state index contributed by atoms with van der Waals surface area (Å²) in [6.07, 6.45) is -3.55. The van der Waals surface area contributed by atoms with Crippen molar-refractivity contribution in [2.75, 3.05) is 36.9 Å². The molecule has 3 aromatic rings. The number of hydrogen-bond acceptors (Lipinski definition) is 9. The number of nitrogens with zero attached hydrogens (tertiary/aromatic N) is 5. The number of halogens is 7. The normalized spacial score (nSPS) is 30.3. The van der Waals surface area contributed by atoms with Gasteiger partial charge < -0.3 is 25.4 Å². The molecular weight excluding hydrogens is 623 g/mol. The molecule has 2 bridgehead atoms. The highest BCUT2D eigenvalue weighted by Gasteiger charge is 2.50. The fourth-order valence-corrected chi connectivity index (χ4v) is 8.29. The number of ether oxygens (including phenoxy) is 2. The summed E-state index contributed by atoms with van der Waals surface area (Å²) in [6.45, 7) is 3.25. The Morgan fingerprint density at radius 1 is 1.11 bits per heavy atom. The van der Waals surface area contributed by atoms with E-state index < -0.39 is 69.5 Å². The lowest BCUT2D eigenvalue weighted by Crippen LogP contribution is -2.62. The first-order valence-electron chi connectivity index (χ1n) is 15.3. The van der Waals surface area contributed by atoms with Crippen LogP contribution in [0.1, 0.15) is 44.6 Å². The van der Waals surface area contributed by atoms with E-state index in [4.69, 9.17) is 20.2 Å². The van der Waals surface area contributed by atoms with Gasteiger partial charge in [-0.2, -0.15) is 23.1 Å². The molecule has 0 amide bonds. The third kappa shape index (κ3) is 4.38. The van der Waals surface area contributed by atoms with Crippen molar-refractivity contribution in [3.63, 3.8) is 0 Å². The van der Waals surface area contributed by atoms with Gasteiger partial charge in [-0.1, -0.05) is 0 Å². The molecule has 0 unspecified atom stereocenters. The number of fused-ring (bicyclic) bond motifs is 6. The van der Waals surface area contributed by atoms with Crippen molar-refractivity contribution >= 4 is 22.4 Å². The van der Waals surface area contributed by atoms with Crippen molar-refractivity contribution < 1.29 is 40.2 Å². The van der Waals surface area contributed by atoms with Crippen molar-refractivity contribution in [1.29, 1.82) is 0 Å². The zero-order valence-corrected chi connectivity index (χ0v) is 24.6. The van der Waals surface area contributed by atoms with Crippen LogP contribution in [0.2, 0.25) is 0 Å². The second kappa shape index (κ2) is 10.2. The summed E-state index contributed by atoms with van der Waals surface area (Å²) >= 11 is 0. The summed E-state index contributed by atoms with van der Waals surface area (Å²) in [5.74, 6) is -5.57. The van der Waals surface area contributed by atoms with Crippen LogP contribution in [0.5, 0.6) is 11.9 Å². The van der Waals surface area contributed by atoms with Crippen molar-refractivity contribution in [1.82, 2.24) is 25.2 Å². The zero-order chi connectivity index (χ0) is 32.3. The van der Waals surface area contributed by atoms with E-state index >= 15 is 4.39 Å². The maximum Gasteiger partial charge on any atom is 0.419 e. The van der Waals surface area contributed by atoms with Crippen LogP contribution in [0.25, 0.3) is 22.2 Å². The second-order valence-electron chi connectivity index (χ2n) is 13.0. The highest BCUT2D eigenvalue weighted by atomic mass is 19.4. The fraction of sp³-hybridized carbons (Fsp3) is 0.567. The van der Waals surface area contributed by atoms with Gasteiger partial charge in [0.15, 0.2) is 17.5 Å². The molecule has 2 aromatic heterocycles. The van der Waals surface area contributed by atoms with Gasteiger partial charge in [0.25, 0.3) is 0 Å². The van der Waals surface area contributed by atoms with Crippen LogP contribution in [0.3, 0.4) is 0 Å². The van der Waals surface area contributed by atoms with Gasteiger partial charge in [0.2, 0.25) is 5.88 Å². The van der Waals surface area contributed by atoms with E-state index in [-0.39, 0.29) is 60.8 Å². The molecular formula is C30H30F7N7O2. The van der Waals surface area contributed by atoms with Gasteiger partial charge in [-0.3, -0.25) is 4.90 Å². The Morgan fingerprint density at radius 2 is 1.91 bits per heavy atom. The average Bonchev–Trinajstić information content (AvgIpc) is 3.63. The van der Waals surface area contributed by atoms with E-state index in [2.05, 4.69) is 15.3 Å². The number of alkyl halides is 4. The minimum atomic E-state index is -5.43. The maximum atomic E-state index is 16.6. The summed E-state index contributed by atoms with van der Waals surface area (Å²) in [5.41, 5.74) is -0.638. The Bertz CT molecular complexity index is 1760. The Morgan fingerprint density at radius 3 is 2.70 bits per heavy atom. The third-order valence-corrected chi connectivity index (χ3v) is 10.2. The number of anilines is 2. The van der Waals surface area contributed by atoms with E-state index in [1.807, 2.05) is 9.80 Å². The van der Waals surface area contributed by atoms with E-state index in [1.54, 1.807) is 6.92 Å². The van der Waals surface area contributed by atoms with Gasteiger partial charge in [0, 0.05) is 37.2 Å². The largest absolute Gasteiger partial charge is 0.472 e. The Kier molecular flexibility index (Phi) is 6.57. The highest BCUT2D eigenvalue weighted by molar-refractivity contribution is 5.97. The smallest absolute Gasteiger partial charge is 0.419 e. The number of benzene rings is 1. The molecule has 1 aromatic carbocycles. The van der Waals surface area contributed by atoms with Gasteiger partial charge in [-0.05, 0) is 45.2 Å². The summed E-state index contributed by atoms with van der Waals surface area (Å²) in [4.78, 5) is 17.1. The summed E-state index contributed by atoms with van der Waals surface area (Å²) in [7, 11) is 0. The molecule has 46 heavy (non-hydrogen) atoms. The van der Waals surface area contributed by atoms with Gasteiger partial charge in [-0.25, -0.2) is 22.5 Å². The molecule has 4 saturated heterocycles. The minimum Gasteiger partial charge on any atom is -0.472 e. The Balaban J connectivity index is 1.33. The predicted octanol–water partition coefficient (Wildman–Crippen LogP) is 4.76. The zero-order valence-electron chi connectivity index (χ0n) is 24.6. The lowest BCUT2D eigenvalue weighted by Gasteiger charge is -2.42. The van der Waals surface area contributed by atoms with Crippen molar-refractivity contribution in [3.8, 4) is 23.1 Å². The molecule has 4 fully saturated rings. The molecule has 0 saturated carbocycles. The minimum absolute atomic E-state index is 0.0127. The van der Waals surface area contributed by atoms with E-state index in [0.717, 1.165) is 19.3 Å². The van der Waals surface area contributed by atoms with Crippen LogP contribution in [0, 0.1) is 17.5 Å². The fourth-order valence-electron chi connectivity index (χ4n) is 8.29. The molecule has 5 aliphatic heterocycles. The maximum absolute atomic E-state index is 16.6. The standard InChI is InChI=1S/C30H30F7N7O2/c1-12-25-17-4-3-14(39-17)10-44(25)26-18-24(41-28(42-26)45-11-29-5-2-6-43(29)9-13(31)8-29)22(34)23(40-27(18)46-12)15-7-16(38)20(32)21(33)19(15)30(35,36)37/h7,12-14,17,25,39H,2-6,8-11,38H2,1H3/t12-,13+,14+,17-,25+,29-/m0/s1. The van der Waals surface area contributed by atoms with E-state index in [0.29, 0.717) is 25.6 Å². The van der Waals surface area contributed by atoms with E-state index in [1.165, 1.54) is 0 Å². The number of nitrogens with two attached hydrogens (primary N) is 1. The summed E-state index contributed by atoms with van der Waals surface area (Å²) < 4.78 is 115. The topological polar surface area (TPSA) is 102 Å². The van der Waals surface area contributed by atoms with Gasteiger partial charge >= 0.3 is 12.2 Å². The molecule has 0 spiro atoms. The van der Waals surface area contributed by atoms with Gasteiger partial charge in [0.05, 0.1) is 17.3 Å². The van der Waals surface area contributed by atoms with Crippen LogP contribution < -0.4 is 25.4 Å². The Labute approximate surface area is 258 Å². The van der Waals surface area contributed by atoms with Crippen molar-refractivity contribution in [2.24, 2.45) is 0 Å². The molecule has 8 rings (SSSR count). The van der Waals surface area contributed by atoms with Crippen LogP contribution >= 0.6 is 0 Å². The van der Waals surface area contributed by atoms with Gasteiger partial charge in [-0.15, -0.1) is 0 Å². The van der Waals surface area contributed by atoms with E-state index in [9.17, 15) is 26.3 Å². The molecule has 7 heterocycles. The SMILES string of the molecule is C[C@@H]1Oc2nc(-c3cc(N)c(F)c(F)c3C(F)(F)F)c(F)c3nc(OC[C@@]45CCCN4C[C@H](F)C5)nc(c23)N2C[C@H]3CC[C@H](N3)[C@@H]12. The lowest BCUT2D eigenvalue weighted by molar-refractivity contribution is -0.139. The number of rotatable bonds is 4. The number of aromatic nitrogens is 3. The molecule has 0 radical (unpaired) electrons. The molecule has 246 valence electrons. The first kappa shape index (κ1) is 29.7. The first-order valence-corrected chi connectivity index (χ1v) is 15.3. The number of pyridine rings is 1. The number of nitrogen functional groups attached to an aromatic ring is 1. The number of nitrogens with one attached hydrogen (secondary N) is 1. The molecule has 6 atom stereocenters. The second-order valence-corrected chi connectivity index (χ2v) is 13.0. The molecule has 3 N–H and O–H groups in total. The Hall–Kier alpha value is -3.66. The van der Waals surface area contributed by atoms with Crippen molar-refractivity contribution in [3.05, 3.63) is 29.1 Å². The highest BCUT2D eigenvalue weighted by Crippen LogP contribution is 2.47. The summed E-state index contributed by atoms with van der Waals surface area (Å²) in [5, 5.41) is 3.57. The quantitative estimate of drug-likeness (QED) is 0.305. The third-order valence-electron chi connectivity index (χ3n) is 10.2. The lowest BCUT2D eigenvalue weighted by atomic mass is 9.95.